The van der Waals surface area contributed by atoms with Gasteiger partial charge in [-0.1, -0.05) is 31.2 Å². The molecule has 2 nitrogen and oxygen atoms in total. The van der Waals surface area contributed by atoms with Crippen LogP contribution in [-0.2, 0) is 0 Å². The Kier molecular flexibility index (Phi) is 2.85. The second kappa shape index (κ2) is 4.65. The van der Waals surface area contributed by atoms with Crippen LogP contribution in [0.3, 0.4) is 0 Å². The summed E-state index contributed by atoms with van der Waals surface area (Å²) in [5.74, 6) is 0.924. The third-order valence-corrected chi connectivity index (χ3v) is 2.98. The van der Waals surface area contributed by atoms with E-state index in [9.17, 15) is 0 Å². The fourth-order valence-corrected chi connectivity index (χ4v) is 2.11. The SMILES string of the molecule is CCCOc1cccc2nc3ccccc3cc12. The van der Waals surface area contributed by atoms with Crippen LogP contribution in [0.5, 0.6) is 5.75 Å². The van der Waals surface area contributed by atoms with Gasteiger partial charge in [0.25, 0.3) is 0 Å². The van der Waals surface area contributed by atoms with Gasteiger partial charge in [0.15, 0.2) is 0 Å². The van der Waals surface area contributed by atoms with E-state index in [4.69, 9.17) is 4.74 Å². The first-order valence-corrected chi connectivity index (χ1v) is 6.30. The third kappa shape index (κ3) is 1.90. The Bertz CT molecular complexity index is 691. The molecule has 0 fully saturated rings. The molecule has 0 amide bonds. The number of nitrogens with zero attached hydrogens (tertiary/aromatic N) is 1. The molecule has 0 radical (unpaired) electrons. The van der Waals surface area contributed by atoms with Gasteiger partial charge in [-0.05, 0) is 30.7 Å². The molecule has 3 rings (SSSR count). The Hall–Kier alpha value is -2.09. The number of ether oxygens (including phenoxy) is 1. The maximum absolute atomic E-state index is 5.78. The first-order valence-electron chi connectivity index (χ1n) is 6.30. The molecule has 18 heavy (non-hydrogen) atoms. The molecule has 2 aromatic carbocycles. The van der Waals surface area contributed by atoms with Crippen LogP contribution in [0.4, 0.5) is 0 Å². The summed E-state index contributed by atoms with van der Waals surface area (Å²) in [5.41, 5.74) is 2.01. The molecule has 90 valence electrons. The second-order valence-corrected chi connectivity index (χ2v) is 4.35. The van der Waals surface area contributed by atoms with E-state index in [1.165, 1.54) is 0 Å². The average Bonchev–Trinajstić information content (AvgIpc) is 2.43. The van der Waals surface area contributed by atoms with E-state index in [0.717, 1.165) is 40.6 Å². The van der Waals surface area contributed by atoms with Crippen LogP contribution in [-0.4, -0.2) is 11.6 Å². The molecule has 0 spiro atoms. The van der Waals surface area contributed by atoms with Crippen molar-refractivity contribution < 1.29 is 4.74 Å². The number of fused-ring (bicyclic) bond motifs is 2. The van der Waals surface area contributed by atoms with Crippen molar-refractivity contribution in [1.82, 2.24) is 4.98 Å². The number of benzene rings is 2. The number of para-hydroxylation sites is 1. The molecular formula is C16H15NO. The van der Waals surface area contributed by atoms with Crippen molar-refractivity contribution in [3.63, 3.8) is 0 Å². The van der Waals surface area contributed by atoms with Crippen molar-refractivity contribution in [2.75, 3.05) is 6.61 Å². The van der Waals surface area contributed by atoms with Crippen molar-refractivity contribution in [3.8, 4) is 5.75 Å². The van der Waals surface area contributed by atoms with Crippen LogP contribution < -0.4 is 4.74 Å². The lowest BCUT2D eigenvalue weighted by molar-refractivity contribution is 0.321. The van der Waals surface area contributed by atoms with Gasteiger partial charge in [-0.15, -0.1) is 0 Å². The fourth-order valence-electron chi connectivity index (χ4n) is 2.11. The summed E-state index contributed by atoms with van der Waals surface area (Å²) in [5, 5.41) is 2.24. The second-order valence-electron chi connectivity index (χ2n) is 4.35. The minimum Gasteiger partial charge on any atom is -0.493 e. The molecule has 0 N–H and O–H groups in total. The zero-order chi connectivity index (χ0) is 12.4. The number of hydrogen-bond acceptors (Lipinski definition) is 2. The predicted octanol–water partition coefficient (Wildman–Crippen LogP) is 4.18. The summed E-state index contributed by atoms with van der Waals surface area (Å²) in [7, 11) is 0. The first kappa shape index (κ1) is 11.0. The molecule has 0 aliphatic rings. The van der Waals surface area contributed by atoms with Gasteiger partial charge in [0.1, 0.15) is 5.75 Å². The van der Waals surface area contributed by atoms with Crippen LogP contribution in [0.2, 0.25) is 0 Å². The smallest absolute Gasteiger partial charge is 0.128 e. The number of pyridine rings is 1. The van der Waals surface area contributed by atoms with Gasteiger partial charge in [-0.25, -0.2) is 4.98 Å². The quantitative estimate of drug-likeness (QED) is 0.637. The Balaban J connectivity index is 2.22. The zero-order valence-electron chi connectivity index (χ0n) is 10.4. The molecule has 0 aliphatic carbocycles. The van der Waals surface area contributed by atoms with E-state index < -0.39 is 0 Å². The number of rotatable bonds is 3. The number of hydrogen-bond donors (Lipinski definition) is 0. The van der Waals surface area contributed by atoms with Crippen LogP contribution in [0.1, 0.15) is 13.3 Å². The zero-order valence-corrected chi connectivity index (χ0v) is 10.4. The average molecular weight is 237 g/mol. The molecule has 0 aliphatic heterocycles. The standard InChI is InChI=1S/C16H15NO/c1-2-10-18-16-9-5-8-15-13(16)11-12-6-3-4-7-14(12)17-15/h3-9,11H,2,10H2,1H3. The van der Waals surface area contributed by atoms with E-state index in [2.05, 4.69) is 24.0 Å². The molecule has 0 bridgehead atoms. The minimum absolute atomic E-state index is 0.742. The Labute approximate surface area is 106 Å². The highest BCUT2D eigenvalue weighted by molar-refractivity contribution is 5.95. The molecular weight excluding hydrogens is 222 g/mol. The normalized spacial score (nSPS) is 10.9. The van der Waals surface area contributed by atoms with E-state index in [-0.39, 0.29) is 0 Å². The highest BCUT2D eigenvalue weighted by atomic mass is 16.5. The van der Waals surface area contributed by atoms with E-state index >= 15 is 0 Å². The summed E-state index contributed by atoms with van der Waals surface area (Å²) >= 11 is 0. The largest absolute Gasteiger partial charge is 0.493 e. The molecule has 2 heteroatoms. The van der Waals surface area contributed by atoms with Gasteiger partial charge >= 0.3 is 0 Å². The fraction of sp³-hybridized carbons (Fsp3) is 0.188. The van der Waals surface area contributed by atoms with Gasteiger partial charge in [-0.3, -0.25) is 0 Å². The molecule has 0 atom stereocenters. The topological polar surface area (TPSA) is 22.1 Å². The molecule has 1 heterocycles. The summed E-state index contributed by atoms with van der Waals surface area (Å²) < 4.78 is 5.78. The molecule has 0 saturated heterocycles. The van der Waals surface area contributed by atoms with Gasteiger partial charge in [0.05, 0.1) is 17.6 Å². The lowest BCUT2D eigenvalue weighted by Crippen LogP contribution is -1.96. The van der Waals surface area contributed by atoms with Gasteiger partial charge < -0.3 is 4.74 Å². The summed E-state index contributed by atoms with van der Waals surface area (Å²) in [4.78, 5) is 4.67. The van der Waals surface area contributed by atoms with Crippen molar-refractivity contribution in [1.29, 1.82) is 0 Å². The van der Waals surface area contributed by atoms with Crippen LogP contribution in [0.15, 0.2) is 48.5 Å². The van der Waals surface area contributed by atoms with Crippen molar-refractivity contribution in [2.45, 2.75) is 13.3 Å². The van der Waals surface area contributed by atoms with E-state index in [0.29, 0.717) is 0 Å². The molecule has 0 saturated carbocycles. The van der Waals surface area contributed by atoms with Gasteiger partial charge in [0, 0.05) is 10.8 Å². The molecule has 0 unspecified atom stereocenters. The van der Waals surface area contributed by atoms with Gasteiger partial charge in [0.2, 0.25) is 0 Å². The summed E-state index contributed by atoms with van der Waals surface area (Å²) in [6.07, 6.45) is 1.01. The summed E-state index contributed by atoms with van der Waals surface area (Å²) in [6, 6.07) is 16.4. The minimum atomic E-state index is 0.742. The van der Waals surface area contributed by atoms with E-state index in [1.54, 1.807) is 0 Å². The van der Waals surface area contributed by atoms with E-state index in [1.807, 2.05) is 36.4 Å². The lowest BCUT2D eigenvalue weighted by Gasteiger charge is -2.08. The van der Waals surface area contributed by atoms with Crippen LogP contribution in [0, 0.1) is 0 Å². The van der Waals surface area contributed by atoms with Gasteiger partial charge in [-0.2, -0.15) is 0 Å². The molecule has 1 aromatic heterocycles. The Morgan fingerprint density at radius 1 is 1.00 bits per heavy atom. The maximum atomic E-state index is 5.78. The Morgan fingerprint density at radius 3 is 2.72 bits per heavy atom. The maximum Gasteiger partial charge on any atom is 0.128 e. The predicted molar refractivity (Wildman–Crippen MR) is 75.0 cm³/mol. The first-order chi connectivity index (χ1) is 8.88. The Morgan fingerprint density at radius 2 is 1.83 bits per heavy atom. The highest BCUT2D eigenvalue weighted by Gasteiger charge is 2.04. The molecule has 3 aromatic rings. The number of aromatic nitrogens is 1. The van der Waals surface area contributed by atoms with Crippen molar-refractivity contribution in [2.24, 2.45) is 0 Å². The lowest BCUT2D eigenvalue weighted by atomic mass is 10.1. The van der Waals surface area contributed by atoms with Crippen LogP contribution in [0.25, 0.3) is 21.8 Å². The summed E-state index contributed by atoms with van der Waals surface area (Å²) in [6.45, 7) is 2.85. The van der Waals surface area contributed by atoms with Crippen molar-refractivity contribution in [3.05, 3.63) is 48.5 Å². The van der Waals surface area contributed by atoms with Crippen LogP contribution >= 0.6 is 0 Å². The monoisotopic (exact) mass is 237 g/mol. The van der Waals surface area contributed by atoms with Crippen molar-refractivity contribution >= 4 is 21.8 Å². The third-order valence-electron chi connectivity index (χ3n) is 2.98. The highest BCUT2D eigenvalue weighted by Crippen LogP contribution is 2.27.